The van der Waals surface area contributed by atoms with E-state index >= 15 is 0 Å². The first-order valence-corrected chi connectivity index (χ1v) is 5.98. The molecular weight excluding hydrogens is 276 g/mol. The first-order valence-electron chi connectivity index (χ1n) is 5.98. The van der Waals surface area contributed by atoms with Gasteiger partial charge in [-0.1, -0.05) is 0 Å². The van der Waals surface area contributed by atoms with Crippen molar-refractivity contribution in [3.8, 4) is 0 Å². The van der Waals surface area contributed by atoms with Gasteiger partial charge >= 0.3 is 11.9 Å². The maximum atomic E-state index is 11.6. The summed E-state index contributed by atoms with van der Waals surface area (Å²) in [7, 11) is 0. The molecule has 19 heavy (non-hydrogen) atoms. The number of carboxylic acids is 1. The van der Waals surface area contributed by atoms with Gasteiger partial charge in [0.05, 0.1) is 6.61 Å². The zero-order chi connectivity index (χ0) is 13.8. The molecule has 0 unspecified atom stereocenters. The quantitative estimate of drug-likeness (QED) is 0.387. The highest BCUT2D eigenvalue weighted by atomic mass is 35.5. The molecule has 1 fully saturated rings. The summed E-state index contributed by atoms with van der Waals surface area (Å²) in [4.78, 5) is 22.5. The molecule has 0 aromatic heterocycles. The Morgan fingerprint density at radius 1 is 1.26 bits per heavy atom. The highest BCUT2D eigenvalue weighted by Gasteiger charge is 2.44. The summed E-state index contributed by atoms with van der Waals surface area (Å²) in [6, 6.07) is 0. The van der Waals surface area contributed by atoms with Crippen molar-refractivity contribution in [2.45, 2.75) is 37.3 Å². The predicted octanol–water partition coefficient (Wildman–Crippen LogP) is -0.757. The minimum Gasteiger partial charge on any atom is -0.479 e. The van der Waals surface area contributed by atoms with E-state index in [-0.39, 0.29) is 18.5 Å². The molecule has 0 aromatic rings. The molecule has 0 aromatic carbocycles. The molecule has 7 nitrogen and oxygen atoms in total. The van der Waals surface area contributed by atoms with Crippen molar-refractivity contribution >= 4 is 24.3 Å². The fourth-order valence-corrected chi connectivity index (χ4v) is 1.96. The monoisotopic (exact) mass is 296 g/mol. The Hall–Kier alpha value is -0.890. The highest BCUT2D eigenvalue weighted by molar-refractivity contribution is 6.04. The van der Waals surface area contributed by atoms with Crippen LogP contribution in [0.1, 0.15) is 25.7 Å². The number of hydrogen-bond acceptors (Lipinski definition) is 6. The lowest BCUT2D eigenvalue weighted by Gasteiger charge is -2.29. The number of esters is 1. The van der Waals surface area contributed by atoms with Gasteiger partial charge < -0.3 is 26.4 Å². The number of ether oxygens (including phenoxy) is 1. The summed E-state index contributed by atoms with van der Waals surface area (Å²) in [6.07, 6.45) is 2.65. The number of rotatable bonds is 5. The third-order valence-electron chi connectivity index (χ3n) is 3.40. The number of carbonyl (C=O) groups is 2. The number of carboxylic acid groups (broad SMARTS) is 1. The summed E-state index contributed by atoms with van der Waals surface area (Å²) in [5, 5.41) is 17.7. The van der Waals surface area contributed by atoms with E-state index in [1.54, 1.807) is 0 Å². The van der Waals surface area contributed by atoms with E-state index in [0.29, 0.717) is 25.3 Å². The normalized spacial score (nSPS) is 25.8. The van der Waals surface area contributed by atoms with Crippen LogP contribution >= 0.6 is 12.4 Å². The van der Waals surface area contributed by atoms with Crippen molar-refractivity contribution < 1.29 is 24.5 Å². The molecule has 1 rings (SSSR count). The van der Waals surface area contributed by atoms with Gasteiger partial charge in [-0.25, -0.2) is 9.59 Å². The summed E-state index contributed by atoms with van der Waals surface area (Å²) in [5.41, 5.74) is 8.48. The molecule has 0 aliphatic heterocycles. The fourth-order valence-electron chi connectivity index (χ4n) is 1.96. The smallest absolute Gasteiger partial charge is 0.340 e. The molecule has 8 heteroatoms. The molecular formula is C11H21ClN2O5. The van der Waals surface area contributed by atoms with Crippen molar-refractivity contribution in [2.24, 2.45) is 17.4 Å². The number of aliphatic hydroxyl groups excluding tert-OH is 1. The van der Waals surface area contributed by atoms with Crippen LogP contribution in [0.3, 0.4) is 0 Å². The lowest BCUT2D eigenvalue weighted by molar-refractivity contribution is -0.168. The molecule has 0 spiro atoms. The van der Waals surface area contributed by atoms with E-state index in [1.807, 2.05) is 0 Å². The summed E-state index contributed by atoms with van der Waals surface area (Å²) in [5.74, 6) is -2.25. The van der Waals surface area contributed by atoms with Crippen LogP contribution in [0.5, 0.6) is 0 Å². The van der Waals surface area contributed by atoms with Gasteiger partial charge in [0.15, 0.2) is 0 Å². The van der Waals surface area contributed by atoms with E-state index in [9.17, 15) is 9.59 Å². The van der Waals surface area contributed by atoms with Gasteiger partial charge in [-0.15, -0.1) is 12.4 Å². The maximum absolute atomic E-state index is 11.6. The van der Waals surface area contributed by atoms with Crippen LogP contribution < -0.4 is 11.5 Å². The van der Waals surface area contributed by atoms with E-state index in [0.717, 1.165) is 12.8 Å². The van der Waals surface area contributed by atoms with E-state index in [4.69, 9.17) is 26.4 Å². The third-order valence-corrected chi connectivity index (χ3v) is 3.40. The molecule has 1 aliphatic carbocycles. The van der Waals surface area contributed by atoms with Gasteiger partial charge in [-0.3, -0.25) is 0 Å². The topological polar surface area (TPSA) is 136 Å². The van der Waals surface area contributed by atoms with Crippen molar-refractivity contribution in [1.29, 1.82) is 0 Å². The second-order valence-electron chi connectivity index (χ2n) is 4.72. The number of hydrogen-bond donors (Lipinski definition) is 4. The summed E-state index contributed by atoms with van der Waals surface area (Å²) >= 11 is 0. The molecule has 0 amide bonds. The molecule has 112 valence electrons. The van der Waals surface area contributed by atoms with Crippen LogP contribution in [0.2, 0.25) is 0 Å². The van der Waals surface area contributed by atoms with Gasteiger partial charge in [-0.2, -0.15) is 0 Å². The third kappa shape index (κ3) is 4.31. The van der Waals surface area contributed by atoms with Gasteiger partial charge in [-0.05, 0) is 38.1 Å². The van der Waals surface area contributed by atoms with E-state index in [1.165, 1.54) is 0 Å². The molecule has 0 saturated heterocycles. The van der Waals surface area contributed by atoms with Crippen molar-refractivity contribution in [1.82, 2.24) is 0 Å². The molecule has 1 aliphatic rings. The molecule has 6 N–H and O–H groups in total. The molecule has 1 saturated carbocycles. The van der Waals surface area contributed by atoms with Gasteiger partial charge in [0.25, 0.3) is 0 Å². The fraction of sp³-hybridized carbons (Fsp3) is 0.818. The van der Waals surface area contributed by atoms with Crippen molar-refractivity contribution in [2.75, 3.05) is 13.2 Å². The van der Waals surface area contributed by atoms with Crippen LogP contribution in [-0.4, -0.2) is 46.9 Å². The molecule has 1 atom stereocenters. The predicted molar refractivity (Wildman–Crippen MR) is 69.8 cm³/mol. The Labute approximate surface area is 117 Å². The molecule has 0 heterocycles. The second-order valence-corrected chi connectivity index (χ2v) is 4.72. The Morgan fingerprint density at radius 3 is 2.16 bits per heavy atom. The lowest BCUT2D eigenvalue weighted by atomic mass is 9.87. The second kappa shape index (κ2) is 7.64. The average molecular weight is 297 g/mol. The van der Waals surface area contributed by atoms with E-state index in [2.05, 4.69) is 0 Å². The van der Waals surface area contributed by atoms with E-state index < -0.39 is 24.1 Å². The highest BCUT2D eigenvalue weighted by Crippen LogP contribution is 2.26. The van der Waals surface area contributed by atoms with Crippen LogP contribution in [0.25, 0.3) is 0 Å². The first-order chi connectivity index (χ1) is 8.43. The van der Waals surface area contributed by atoms with Gasteiger partial charge in [0, 0.05) is 0 Å². The maximum Gasteiger partial charge on any atom is 0.340 e. The molecule has 0 radical (unpaired) electrons. The Balaban J connectivity index is 0.00000324. The van der Waals surface area contributed by atoms with Crippen LogP contribution in [0.15, 0.2) is 0 Å². The summed E-state index contributed by atoms with van der Waals surface area (Å²) in [6.45, 7) is -0.382. The Bertz CT molecular complexity index is 320. The largest absolute Gasteiger partial charge is 0.479 e. The Morgan fingerprint density at radius 2 is 1.79 bits per heavy atom. The standard InChI is InChI=1S/C11H20N2O5.ClH/c12-5-7-1-3-8(4-2-7)18-10(17)11(13,6-14)9(15)16;/h7-8,14H,1-6,12-13H2,(H,15,16);1H/t7?,8?,11-;/m1./s1. The number of halogens is 1. The average Bonchev–Trinajstić information content (AvgIpc) is 2.38. The van der Waals surface area contributed by atoms with Crippen LogP contribution in [0, 0.1) is 5.92 Å². The number of nitrogens with two attached hydrogens (primary N) is 2. The minimum atomic E-state index is -2.37. The van der Waals surface area contributed by atoms with Gasteiger partial charge in [0.2, 0.25) is 5.54 Å². The number of carbonyl (C=O) groups excluding carboxylic acids is 1. The Kier molecular flexibility index (Phi) is 7.28. The van der Waals surface area contributed by atoms with Gasteiger partial charge in [0.1, 0.15) is 6.10 Å². The minimum absolute atomic E-state index is 0. The zero-order valence-corrected chi connectivity index (χ0v) is 11.4. The van der Waals surface area contributed by atoms with Crippen LogP contribution in [-0.2, 0) is 14.3 Å². The summed E-state index contributed by atoms with van der Waals surface area (Å²) < 4.78 is 5.06. The SMILES string of the molecule is Cl.NCC1CCC(OC(=O)[C@@](N)(CO)C(=O)O)CC1. The zero-order valence-electron chi connectivity index (χ0n) is 10.6. The number of aliphatic hydroxyl groups is 1. The first kappa shape index (κ1) is 18.1. The number of aliphatic carboxylic acids is 1. The lowest BCUT2D eigenvalue weighted by Crippen LogP contribution is -2.59. The molecule has 0 bridgehead atoms. The van der Waals surface area contributed by atoms with Crippen molar-refractivity contribution in [3.63, 3.8) is 0 Å². The van der Waals surface area contributed by atoms with Crippen molar-refractivity contribution in [3.05, 3.63) is 0 Å². The van der Waals surface area contributed by atoms with Crippen LogP contribution in [0.4, 0.5) is 0 Å².